The zero-order valence-electron chi connectivity index (χ0n) is 9.69. The third kappa shape index (κ3) is 5.72. The van der Waals surface area contributed by atoms with E-state index in [1.807, 2.05) is 0 Å². The lowest BCUT2D eigenvalue weighted by Crippen LogP contribution is -2.27. The molecule has 0 fully saturated rings. The number of sulfonamides is 1. The van der Waals surface area contributed by atoms with Gasteiger partial charge in [0.2, 0.25) is 10.0 Å². The van der Waals surface area contributed by atoms with E-state index in [1.165, 1.54) is 6.26 Å². The topological polar surface area (TPSA) is 70.6 Å². The molecular weight excluding hydrogens is 246 g/mol. The smallest absolute Gasteiger partial charge is 0.208 e. The van der Waals surface area contributed by atoms with Gasteiger partial charge in [-0.2, -0.15) is 0 Å². The summed E-state index contributed by atoms with van der Waals surface area (Å²) < 4.78 is 24.0. The first-order valence-electron chi connectivity index (χ1n) is 5.41. The summed E-state index contributed by atoms with van der Waals surface area (Å²) in [4.78, 5) is 4.36. The Morgan fingerprint density at radius 2 is 2.25 bits per heavy atom. The highest BCUT2D eigenvalue weighted by molar-refractivity contribution is 8.14. The molecule has 0 radical (unpaired) electrons. The summed E-state index contributed by atoms with van der Waals surface area (Å²) in [6.07, 6.45) is 3.07. The largest absolute Gasteiger partial charge is 0.365 e. The molecule has 1 atom stereocenters. The summed E-state index contributed by atoms with van der Waals surface area (Å²) in [5.41, 5.74) is 0. The standard InChI is InChI=1S/C9H19N3O2S2/c1-3-8-7-11-9(15-8)10-5-4-6-12-16(2,13)14/h8,12H,3-7H2,1-2H3,(H,10,11). The summed E-state index contributed by atoms with van der Waals surface area (Å²) in [5, 5.41) is 4.81. The summed E-state index contributed by atoms with van der Waals surface area (Å²) >= 11 is 1.77. The van der Waals surface area contributed by atoms with Crippen LogP contribution in [0, 0.1) is 0 Å². The molecule has 1 aliphatic heterocycles. The fraction of sp³-hybridized carbons (Fsp3) is 0.889. The Bertz CT molecular complexity index is 341. The van der Waals surface area contributed by atoms with Crippen LogP contribution in [0.3, 0.4) is 0 Å². The predicted octanol–water partition coefficient (Wildman–Crippen LogP) is 0.397. The number of nitrogens with zero attached hydrogens (tertiary/aromatic N) is 1. The molecule has 7 heteroatoms. The number of hydrogen-bond donors (Lipinski definition) is 2. The fourth-order valence-electron chi connectivity index (χ4n) is 1.27. The minimum absolute atomic E-state index is 0.473. The maximum Gasteiger partial charge on any atom is 0.208 e. The number of hydrogen-bond acceptors (Lipinski definition) is 5. The van der Waals surface area contributed by atoms with E-state index >= 15 is 0 Å². The van der Waals surface area contributed by atoms with Gasteiger partial charge in [-0.25, -0.2) is 13.1 Å². The minimum Gasteiger partial charge on any atom is -0.365 e. The van der Waals surface area contributed by atoms with Crippen molar-refractivity contribution in [2.75, 3.05) is 25.9 Å². The number of nitrogens with one attached hydrogen (secondary N) is 2. The van der Waals surface area contributed by atoms with Gasteiger partial charge in [0.05, 0.1) is 12.8 Å². The first kappa shape index (κ1) is 13.8. The van der Waals surface area contributed by atoms with Gasteiger partial charge in [-0.1, -0.05) is 18.7 Å². The van der Waals surface area contributed by atoms with E-state index < -0.39 is 10.0 Å². The molecular formula is C9H19N3O2S2. The predicted molar refractivity (Wildman–Crippen MR) is 69.4 cm³/mol. The van der Waals surface area contributed by atoms with Gasteiger partial charge in [0, 0.05) is 18.3 Å². The van der Waals surface area contributed by atoms with Crippen LogP contribution in [0.15, 0.2) is 4.99 Å². The van der Waals surface area contributed by atoms with Crippen LogP contribution in [0.4, 0.5) is 0 Å². The van der Waals surface area contributed by atoms with Crippen molar-refractivity contribution in [3.05, 3.63) is 0 Å². The normalized spacial score (nSPS) is 20.9. The Morgan fingerprint density at radius 3 is 2.81 bits per heavy atom. The Balaban J connectivity index is 2.04. The zero-order chi connectivity index (χ0) is 12.0. The van der Waals surface area contributed by atoms with E-state index in [-0.39, 0.29) is 0 Å². The summed E-state index contributed by atoms with van der Waals surface area (Å²) in [5.74, 6) is 0. The quantitative estimate of drug-likeness (QED) is 0.682. The second-order valence-electron chi connectivity index (χ2n) is 3.74. The minimum atomic E-state index is -3.05. The molecule has 0 aromatic rings. The van der Waals surface area contributed by atoms with E-state index in [9.17, 15) is 8.42 Å². The van der Waals surface area contributed by atoms with Crippen molar-refractivity contribution in [1.82, 2.24) is 10.0 Å². The second-order valence-corrected chi connectivity index (χ2v) is 6.86. The number of aliphatic imine (C=N–C) groups is 1. The first-order chi connectivity index (χ1) is 7.51. The SMILES string of the molecule is CCC1CN=C(NCCCNS(C)(=O)=O)S1. The Morgan fingerprint density at radius 1 is 1.50 bits per heavy atom. The highest BCUT2D eigenvalue weighted by Gasteiger charge is 2.16. The van der Waals surface area contributed by atoms with Gasteiger partial charge in [-0.05, 0) is 12.8 Å². The van der Waals surface area contributed by atoms with E-state index in [1.54, 1.807) is 11.8 Å². The van der Waals surface area contributed by atoms with Crippen LogP contribution in [0.2, 0.25) is 0 Å². The Labute approximate surface area is 102 Å². The molecule has 0 aliphatic carbocycles. The molecule has 0 spiro atoms. The molecule has 0 aromatic carbocycles. The van der Waals surface area contributed by atoms with Gasteiger partial charge >= 0.3 is 0 Å². The van der Waals surface area contributed by atoms with Crippen LogP contribution < -0.4 is 10.0 Å². The van der Waals surface area contributed by atoms with Crippen molar-refractivity contribution in [3.8, 4) is 0 Å². The van der Waals surface area contributed by atoms with E-state index in [0.717, 1.165) is 31.1 Å². The van der Waals surface area contributed by atoms with Crippen LogP contribution in [0.1, 0.15) is 19.8 Å². The van der Waals surface area contributed by atoms with Gasteiger partial charge in [0.15, 0.2) is 5.17 Å². The van der Waals surface area contributed by atoms with Crippen LogP contribution in [0.5, 0.6) is 0 Å². The highest BCUT2D eigenvalue weighted by atomic mass is 32.2. The van der Waals surface area contributed by atoms with Crippen molar-refractivity contribution in [2.45, 2.75) is 25.0 Å². The van der Waals surface area contributed by atoms with Gasteiger partial charge in [0.1, 0.15) is 0 Å². The number of amidine groups is 1. The summed E-state index contributed by atoms with van der Waals surface area (Å²) in [6, 6.07) is 0. The van der Waals surface area contributed by atoms with Crippen molar-refractivity contribution < 1.29 is 8.42 Å². The average Bonchev–Trinajstić information content (AvgIpc) is 2.63. The summed E-state index contributed by atoms with van der Waals surface area (Å²) in [6.45, 7) is 4.28. The molecule has 1 heterocycles. The van der Waals surface area contributed by atoms with Crippen molar-refractivity contribution in [3.63, 3.8) is 0 Å². The molecule has 5 nitrogen and oxygen atoms in total. The van der Waals surface area contributed by atoms with E-state index in [4.69, 9.17) is 0 Å². The first-order valence-corrected chi connectivity index (χ1v) is 8.18. The molecule has 94 valence electrons. The van der Waals surface area contributed by atoms with Crippen molar-refractivity contribution >= 4 is 27.0 Å². The lowest BCUT2D eigenvalue weighted by atomic mass is 10.3. The Kier molecular flexibility index (Phi) is 5.57. The lowest BCUT2D eigenvalue weighted by Gasteiger charge is -2.07. The van der Waals surface area contributed by atoms with Gasteiger partial charge in [0.25, 0.3) is 0 Å². The maximum atomic E-state index is 10.8. The van der Waals surface area contributed by atoms with Crippen molar-refractivity contribution in [1.29, 1.82) is 0 Å². The van der Waals surface area contributed by atoms with Crippen LogP contribution in [-0.2, 0) is 10.0 Å². The fourth-order valence-corrected chi connectivity index (χ4v) is 2.75. The van der Waals surface area contributed by atoms with Crippen molar-refractivity contribution in [2.24, 2.45) is 4.99 Å². The molecule has 0 amide bonds. The number of thioether (sulfide) groups is 1. The molecule has 1 rings (SSSR count). The molecule has 0 bridgehead atoms. The van der Waals surface area contributed by atoms with Gasteiger partial charge in [-0.15, -0.1) is 0 Å². The average molecular weight is 265 g/mol. The van der Waals surface area contributed by atoms with Crippen LogP contribution in [0.25, 0.3) is 0 Å². The third-order valence-electron chi connectivity index (χ3n) is 2.17. The molecule has 0 saturated heterocycles. The third-order valence-corrected chi connectivity index (χ3v) is 4.21. The lowest BCUT2D eigenvalue weighted by molar-refractivity contribution is 0.585. The Hall–Kier alpha value is -0.270. The summed E-state index contributed by atoms with van der Waals surface area (Å²) in [7, 11) is -3.05. The molecule has 0 saturated carbocycles. The van der Waals surface area contributed by atoms with E-state index in [2.05, 4.69) is 22.0 Å². The molecule has 0 aromatic heterocycles. The monoisotopic (exact) mass is 265 g/mol. The number of rotatable bonds is 6. The maximum absolute atomic E-state index is 10.8. The second kappa shape index (κ2) is 6.46. The van der Waals surface area contributed by atoms with E-state index in [0.29, 0.717) is 11.8 Å². The molecule has 1 aliphatic rings. The van der Waals surface area contributed by atoms with Gasteiger partial charge in [-0.3, -0.25) is 4.99 Å². The van der Waals surface area contributed by atoms with Crippen LogP contribution >= 0.6 is 11.8 Å². The zero-order valence-corrected chi connectivity index (χ0v) is 11.3. The van der Waals surface area contributed by atoms with Gasteiger partial charge < -0.3 is 5.32 Å². The molecule has 16 heavy (non-hydrogen) atoms. The van der Waals surface area contributed by atoms with Crippen LogP contribution in [-0.4, -0.2) is 44.7 Å². The highest BCUT2D eigenvalue weighted by Crippen LogP contribution is 2.21. The molecule has 1 unspecified atom stereocenters. The molecule has 2 N–H and O–H groups in total.